The molecule has 2 unspecified atom stereocenters. The van der Waals surface area contributed by atoms with E-state index in [1.165, 1.54) is 6.92 Å². The van der Waals surface area contributed by atoms with Crippen molar-refractivity contribution in [3.63, 3.8) is 0 Å². The molecule has 0 fully saturated rings. The number of nitrogens with one attached hydrogen (secondary N) is 1. The molecule has 1 aromatic rings. The second-order valence-electron chi connectivity index (χ2n) is 4.82. The van der Waals surface area contributed by atoms with Crippen molar-refractivity contribution >= 4 is 5.91 Å². The van der Waals surface area contributed by atoms with Crippen LogP contribution in [0.4, 0.5) is 13.2 Å². The van der Waals surface area contributed by atoms with E-state index in [0.29, 0.717) is 0 Å². The topological polar surface area (TPSA) is 51.5 Å². The van der Waals surface area contributed by atoms with Crippen LogP contribution in [0.5, 0.6) is 0 Å². The van der Waals surface area contributed by atoms with Gasteiger partial charge in [-0.2, -0.15) is 13.2 Å². The van der Waals surface area contributed by atoms with Gasteiger partial charge in [0.15, 0.2) is 0 Å². The fourth-order valence-electron chi connectivity index (χ4n) is 2.22. The minimum absolute atomic E-state index is 0.220. The molecule has 0 spiro atoms. The van der Waals surface area contributed by atoms with Gasteiger partial charge in [0.05, 0.1) is 12.3 Å². The van der Waals surface area contributed by atoms with Crippen LogP contribution in [-0.2, 0) is 16.0 Å². The molecule has 1 aliphatic carbocycles. The molecule has 0 radical (unpaired) electrons. The van der Waals surface area contributed by atoms with Gasteiger partial charge in [-0.05, 0) is 25.8 Å². The second kappa shape index (κ2) is 5.87. The summed E-state index contributed by atoms with van der Waals surface area (Å²) in [6.07, 6.45) is -1.60. The number of carbonyl (C=O) groups is 1. The number of amides is 1. The highest BCUT2D eigenvalue weighted by molar-refractivity contribution is 5.80. The van der Waals surface area contributed by atoms with Gasteiger partial charge >= 0.3 is 6.18 Å². The third kappa shape index (κ3) is 3.75. The molecule has 112 valence electrons. The van der Waals surface area contributed by atoms with Gasteiger partial charge in [0.1, 0.15) is 18.5 Å². The minimum atomic E-state index is -4.43. The van der Waals surface area contributed by atoms with Crippen LogP contribution in [-0.4, -0.2) is 24.8 Å². The Morgan fingerprint density at radius 3 is 3.05 bits per heavy atom. The zero-order chi connectivity index (χ0) is 14.8. The first-order chi connectivity index (χ1) is 9.37. The van der Waals surface area contributed by atoms with E-state index in [4.69, 9.17) is 4.42 Å². The van der Waals surface area contributed by atoms with Crippen LogP contribution in [0.3, 0.4) is 0 Å². The second-order valence-corrected chi connectivity index (χ2v) is 4.82. The number of aryl methyl sites for hydroxylation is 1. The molecule has 0 aliphatic heterocycles. The quantitative estimate of drug-likeness (QED) is 0.928. The average molecular weight is 291 g/mol. The Morgan fingerprint density at radius 1 is 1.60 bits per heavy atom. The lowest BCUT2D eigenvalue weighted by atomic mass is 9.93. The Bertz CT molecular complexity index is 470. The van der Waals surface area contributed by atoms with Crippen LogP contribution in [0.25, 0.3) is 0 Å². The largest absolute Gasteiger partial charge is 0.469 e. The van der Waals surface area contributed by atoms with E-state index in [-0.39, 0.29) is 6.04 Å². The predicted octanol–water partition coefficient (Wildman–Crippen LogP) is 2.74. The number of hydrogen-bond acceptors (Lipinski definition) is 3. The van der Waals surface area contributed by atoms with Crippen molar-refractivity contribution in [2.75, 3.05) is 6.61 Å². The average Bonchev–Trinajstić information content (AvgIpc) is 2.84. The molecule has 2 atom stereocenters. The van der Waals surface area contributed by atoms with Gasteiger partial charge in [-0.1, -0.05) is 0 Å². The Labute approximate surface area is 114 Å². The fraction of sp³-hybridized carbons (Fsp3) is 0.615. The molecule has 4 nitrogen and oxygen atoms in total. The van der Waals surface area contributed by atoms with Gasteiger partial charge in [-0.3, -0.25) is 4.79 Å². The van der Waals surface area contributed by atoms with Crippen LogP contribution in [0, 0.1) is 0 Å². The minimum Gasteiger partial charge on any atom is -0.469 e. The first-order valence-corrected chi connectivity index (χ1v) is 6.42. The van der Waals surface area contributed by atoms with Crippen molar-refractivity contribution in [3.05, 3.63) is 23.7 Å². The molecule has 1 heterocycles. The molecule has 1 N–H and O–H groups in total. The third-order valence-electron chi connectivity index (χ3n) is 3.23. The zero-order valence-electron chi connectivity index (χ0n) is 11.0. The van der Waals surface area contributed by atoms with Crippen LogP contribution in [0.2, 0.25) is 0 Å². The number of ether oxygens (including phenoxy) is 1. The SMILES string of the molecule is CC(OCC(F)(F)F)C(=O)NC1CCCc2occc21. The van der Waals surface area contributed by atoms with Gasteiger partial charge in [-0.15, -0.1) is 0 Å². The molecule has 0 saturated heterocycles. The first kappa shape index (κ1) is 14.9. The van der Waals surface area contributed by atoms with Gasteiger partial charge in [0.2, 0.25) is 5.91 Å². The van der Waals surface area contributed by atoms with Gasteiger partial charge in [-0.25, -0.2) is 0 Å². The number of rotatable bonds is 4. The van der Waals surface area contributed by atoms with Crippen molar-refractivity contribution in [2.45, 2.75) is 44.5 Å². The highest BCUT2D eigenvalue weighted by atomic mass is 19.4. The molecule has 1 aliphatic rings. The lowest BCUT2D eigenvalue weighted by Gasteiger charge is -2.24. The maximum absolute atomic E-state index is 12.0. The standard InChI is InChI=1S/C13H16F3NO3/c1-8(20-7-13(14,15)16)12(18)17-10-3-2-4-11-9(10)5-6-19-11/h5-6,8,10H,2-4,7H2,1H3,(H,17,18). The molecule has 0 aromatic carbocycles. The molecule has 1 amide bonds. The summed E-state index contributed by atoms with van der Waals surface area (Å²) in [4.78, 5) is 11.8. The van der Waals surface area contributed by atoms with E-state index < -0.39 is 24.8 Å². The number of alkyl halides is 3. The summed E-state index contributed by atoms with van der Waals surface area (Å²) >= 11 is 0. The Hall–Kier alpha value is -1.50. The molecular weight excluding hydrogens is 275 g/mol. The summed E-state index contributed by atoms with van der Waals surface area (Å²) in [6, 6.07) is 1.56. The van der Waals surface area contributed by atoms with E-state index >= 15 is 0 Å². The van der Waals surface area contributed by atoms with Crippen molar-refractivity contribution < 1.29 is 27.1 Å². The zero-order valence-corrected chi connectivity index (χ0v) is 11.0. The third-order valence-corrected chi connectivity index (χ3v) is 3.23. The smallest absolute Gasteiger partial charge is 0.411 e. The lowest BCUT2D eigenvalue weighted by molar-refractivity contribution is -0.185. The maximum atomic E-state index is 12.0. The first-order valence-electron chi connectivity index (χ1n) is 6.42. The highest BCUT2D eigenvalue weighted by Crippen LogP contribution is 2.30. The normalized spacial score (nSPS) is 20.3. The van der Waals surface area contributed by atoms with Crippen LogP contribution < -0.4 is 5.32 Å². The summed E-state index contributed by atoms with van der Waals surface area (Å²) < 4.78 is 45.9. The monoisotopic (exact) mass is 291 g/mol. The molecule has 7 heteroatoms. The van der Waals surface area contributed by atoms with E-state index in [1.54, 1.807) is 12.3 Å². The molecule has 0 bridgehead atoms. The number of hydrogen-bond donors (Lipinski definition) is 1. The number of furan rings is 1. The molecule has 0 saturated carbocycles. The van der Waals surface area contributed by atoms with E-state index in [2.05, 4.69) is 10.1 Å². The number of carbonyl (C=O) groups excluding carboxylic acids is 1. The van der Waals surface area contributed by atoms with Crippen LogP contribution >= 0.6 is 0 Å². The highest BCUT2D eigenvalue weighted by Gasteiger charge is 2.31. The van der Waals surface area contributed by atoms with Crippen molar-refractivity contribution in [1.29, 1.82) is 0 Å². The molecular formula is C13H16F3NO3. The summed E-state index contributed by atoms with van der Waals surface area (Å²) in [5.41, 5.74) is 0.896. The number of fused-ring (bicyclic) bond motifs is 1. The summed E-state index contributed by atoms with van der Waals surface area (Å²) in [7, 11) is 0. The van der Waals surface area contributed by atoms with Gasteiger partial charge in [0, 0.05) is 12.0 Å². The van der Waals surface area contributed by atoms with Gasteiger partial charge < -0.3 is 14.5 Å². The van der Waals surface area contributed by atoms with Crippen molar-refractivity contribution in [1.82, 2.24) is 5.32 Å². The number of halogens is 3. The van der Waals surface area contributed by atoms with Gasteiger partial charge in [0.25, 0.3) is 0 Å². The summed E-state index contributed by atoms with van der Waals surface area (Å²) in [5, 5.41) is 2.71. The Balaban J connectivity index is 1.89. The Morgan fingerprint density at radius 2 is 2.35 bits per heavy atom. The lowest BCUT2D eigenvalue weighted by Crippen LogP contribution is -2.39. The maximum Gasteiger partial charge on any atom is 0.411 e. The molecule has 2 rings (SSSR count). The molecule has 20 heavy (non-hydrogen) atoms. The van der Waals surface area contributed by atoms with E-state index in [9.17, 15) is 18.0 Å². The van der Waals surface area contributed by atoms with Crippen molar-refractivity contribution in [2.24, 2.45) is 0 Å². The fourth-order valence-corrected chi connectivity index (χ4v) is 2.22. The summed E-state index contributed by atoms with van der Waals surface area (Å²) in [6.45, 7) is -0.122. The predicted molar refractivity (Wildman–Crippen MR) is 64.0 cm³/mol. The Kier molecular flexibility index (Phi) is 4.37. The van der Waals surface area contributed by atoms with Crippen molar-refractivity contribution in [3.8, 4) is 0 Å². The van der Waals surface area contributed by atoms with Crippen LogP contribution in [0.1, 0.15) is 37.1 Å². The van der Waals surface area contributed by atoms with E-state index in [1.807, 2.05) is 0 Å². The van der Waals surface area contributed by atoms with Crippen LogP contribution in [0.15, 0.2) is 16.7 Å². The molecule has 1 aromatic heterocycles. The van der Waals surface area contributed by atoms with E-state index in [0.717, 1.165) is 30.6 Å². The summed E-state index contributed by atoms with van der Waals surface area (Å²) in [5.74, 6) is 0.277.